The second kappa shape index (κ2) is 6.14. The van der Waals surface area contributed by atoms with Crippen LogP contribution in [0.4, 0.5) is 0 Å². The molecule has 1 N–H and O–H groups in total. The van der Waals surface area contributed by atoms with Crippen LogP contribution in [0.1, 0.15) is 70.6 Å². The molecule has 0 radical (unpaired) electrons. The molecule has 0 amide bonds. The third kappa shape index (κ3) is 3.86. The summed E-state index contributed by atoms with van der Waals surface area (Å²) >= 11 is 5.44. The van der Waals surface area contributed by atoms with Crippen LogP contribution in [0.5, 0.6) is 0 Å². The minimum absolute atomic E-state index is 0.0208. The molecule has 4 heteroatoms. The first kappa shape index (κ1) is 16.3. The molecule has 0 saturated heterocycles. The summed E-state index contributed by atoms with van der Waals surface area (Å²) in [6.07, 6.45) is -0.0703. The minimum Gasteiger partial charge on any atom is -0.370 e. The maximum atomic E-state index is 5.86. The van der Waals surface area contributed by atoms with Crippen LogP contribution in [0.3, 0.4) is 0 Å². The molecule has 0 aliphatic carbocycles. The van der Waals surface area contributed by atoms with Gasteiger partial charge < -0.3 is 9.72 Å². The number of rotatable bonds is 4. The highest BCUT2D eigenvalue weighted by atomic mass is 32.1. The van der Waals surface area contributed by atoms with Crippen molar-refractivity contribution in [3.8, 4) is 0 Å². The van der Waals surface area contributed by atoms with E-state index in [1.165, 1.54) is 0 Å². The molecule has 0 bridgehead atoms. The molecule has 0 fully saturated rings. The highest BCUT2D eigenvalue weighted by Gasteiger charge is 2.29. The van der Waals surface area contributed by atoms with Crippen molar-refractivity contribution in [2.24, 2.45) is 5.41 Å². The SMILES string of the molecule is CCOC(c1nc(=S)c(C(C)C)c(C)[nH]1)C(C)(C)C. The monoisotopic (exact) mass is 282 g/mol. The lowest BCUT2D eigenvalue weighted by Crippen LogP contribution is -2.24. The van der Waals surface area contributed by atoms with Crippen LogP contribution >= 0.6 is 12.2 Å². The molecule has 19 heavy (non-hydrogen) atoms. The first-order valence-electron chi connectivity index (χ1n) is 6.90. The van der Waals surface area contributed by atoms with Crippen LogP contribution in [0, 0.1) is 17.0 Å². The second-order valence-electron chi connectivity index (χ2n) is 6.32. The van der Waals surface area contributed by atoms with Gasteiger partial charge in [0.05, 0.1) is 0 Å². The number of aromatic amines is 1. The van der Waals surface area contributed by atoms with Crippen molar-refractivity contribution in [3.05, 3.63) is 21.7 Å². The Labute approximate surface area is 121 Å². The average Bonchev–Trinajstić information content (AvgIpc) is 2.22. The topological polar surface area (TPSA) is 37.9 Å². The summed E-state index contributed by atoms with van der Waals surface area (Å²) in [5.41, 5.74) is 2.20. The van der Waals surface area contributed by atoms with Crippen molar-refractivity contribution in [2.75, 3.05) is 6.61 Å². The molecule has 0 saturated carbocycles. The molecule has 3 nitrogen and oxygen atoms in total. The minimum atomic E-state index is -0.0703. The fourth-order valence-electron chi connectivity index (χ4n) is 2.33. The van der Waals surface area contributed by atoms with Gasteiger partial charge in [0.25, 0.3) is 0 Å². The molecule has 0 aliphatic rings. The van der Waals surface area contributed by atoms with Gasteiger partial charge in [0.15, 0.2) is 0 Å². The highest BCUT2D eigenvalue weighted by Crippen LogP contribution is 2.34. The van der Waals surface area contributed by atoms with Gasteiger partial charge in [0.1, 0.15) is 16.6 Å². The molecule has 1 atom stereocenters. The van der Waals surface area contributed by atoms with Crippen molar-refractivity contribution in [3.63, 3.8) is 0 Å². The molecule has 0 spiro atoms. The molecule has 108 valence electrons. The van der Waals surface area contributed by atoms with Crippen LogP contribution in [0.15, 0.2) is 0 Å². The van der Waals surface area contributed by atoms with Crippen LogP contribution in [0.2, 0.25) is 0 Å². The van der Waals surface area contributed by atoms with Crippen LogP contribution in [0.25, 0.3) is 0 Å². The first-order valence-corrected chi connectivity index (χ1v) is 7.31. The van der Waals surface area contributed by atoms with E-state index >= 15 is 0 Å². The van der Waals surface area contributed by atoms with Crippen molar-refractivity contribution in [2.45, 2.75) is 60.5 Å². The van der Waals surface area contributed by atoms with Crippen molar-refractivity contribution < 1.29 is 4.74 Å². The third-order valence-electron chi connectivity index (χ3n) is 3.12. The second-order valence-corrected chi connectivity index (χ2v) is 6.71. The van der Waals surface area contributed by atoms with Gasteiger partial charge in [-0.15, -0.1) is 0 Å². The number of hydrogen-bond acceptors (Lipinski definition) is 3. The maximum Gasteiger partial charge on any atom is 0.137 e. The predicted octanol–water partition coefficient (Wildman–Crippen LogP) is 4.69. The zero-order valence-corrected chi connectivity index (χ0v) is 13.9. The van der Waals surface area contributed by atoms with E-state index in [0.29, 0.717) is 17.2 Å². The smallest absolute Gasteiger partial charge is 0.137 e. The third-order valence-corrected chi connectivity index (χ3v) is 3.43. The molecule has 1 unspecified atom stereocenters. The number of nitrogens with zero attached hydrogens (tertiary/aromatic N) is 1. The van der Waals surface area contributed by atoms with Crippen molar-refractivity contribution in [1.29, 1.82) is 0 Å². The van der Waals surface area contributed by atoms with Gasteiger partial charge in [0, 0.05) is 17.9 Å². The quantitative estimate of drug-likeness (QED) is 0.814. The van der Waals surface area contributed by atoms with Gasteiger partial charge in [-0.05, 0) is 25.2 Å². The fraction of sp³-hybridized carbons (Fsp3) is 0.733. The Hall–Kier alpha value is -0.740. The van der Waals surface area contributed by atoms with E-state index in [1.54, 1.807) is 0 Å². The van der Waals surface area contributed by atoms with E-state index in [1.807, 2.05) is 6.92 Å². The number of H-pyrrole nitrogens is 1. The Morgan fingerprint density at radius 2 is 1.89 bits per heavy atom. The number of ether oxygens (including phenoxy) is 1. The zero-order chi connectivity index (χ0) is 14.8. The number of aromatic nitrogens is 2. The summed E-state index contributed by atoms with van der Waals surface area (Å²) < 4.78 is 6.55. The summed E-state index contributed by atoms with van der Waals surface area (Å²) in [6, 6.07) is 0. The summed E-state index contributed by atoms with van der Waals surface area (Å²) in [4.78, 5) is 7.96. The lowest BCUT2D eigenvalue weighted by Gasteiger charge is -2.30. The van der Waals surface area contributed by atoms with E-state index < -0.39 is 0 Å². The Morgan fingerprint density at radius 3 is 2.26 bits per heavy atom. The van der Waals surface area contributed by atoms with Gasteiger partial charge in [-0.1, -0.05) is 46.8 Å². The number of aryl methyl sites for hydroxylation is 1. The Kier molecular flexibility index (Phi) is 5.27. The van der Waals surface area contributed by atoms with Crippen molar-refractivity contribution in [1.82, 2.24) is 9.97 Å². The summed E-state index contributed by atoms with van der Waals surface area (Å²) in [6.45, 7) is 15.4. The van der Waals surface area contributed by atoms with Crippen LogP contribution < -0.4 is 0 Å². The van der Waals surface area contributed by atoms with Crippen LogP contribution in [-0.4, -0.2) is 16.6 Å². The Balaban J connectivity index is 3.32. The van der Waals surface area contributed by atoms with Gasteiger partial charge in [0.2, 0.25) is 0 Å². The highest BCUT2D eigenvalue weighted by molar-refractivity contribution is 7.71. The van der Waals surface area contributed by atoms with E-state index in [0.717, 1.165) is 17.1 Å². The first-order chi connectivity index (χ1) is 8.68. The van der Waals surface area contributed by atoms with Gasteiger partial charge in [-0.2, -0.15) is 0 Å². The largest absolute Gasteiger partial charge is 0.370 e. The van der Waals surface area contributed by atoms with E-state index in [4.69, 9.17) is 17.0 Å². The Morgan fingerprint density at radius 1 is 1.32 bits per heavy atom. The predicted molar refractivity (Wildman–Crippen MR) is 82.1 cm³/mol. The molecule has 1 heterocycles. The number of nitrogens with one attached hydrogen (secondary N) is 1. The normalized spacial score (nSPS) is 13.9. The van der Waals surface area contributed by atoms with Gasteiger partial charge in [-0.3, -0.25) is 0 Å². The fourth-order valence-corrected chi connectivity index (χ4v) is 2.81. The van der Waals surface area contributed by atoms with Crippen molar-refractivity contribution >= 4 is 12.2 Å². The van der Waals surface area contributed by atoms with Gasteiger partial charge in [-0.25, -0.2) is 4.98 Å². The molecule has 1 rings (SSSR count). The van der Waals surface area contributed by atoms with Gasteiger partial charge >= 0.3 is 0 Å². The molecule has 1 aromatic rings. The Bertz CT molecular complexity index is 486. The van der Waals surface area contributed by atoms with E-state index in [-0.39, 0.29) is 11.5 Å². The molecular formula is C15H26N2OS. The molecule has 0 aliphatic heterocycles. The molecule has 1 aromatic heterocycles. The maximum absolute atomic E-state index is 5.86. The molecule has 0 aromatic carbocycles. The van der Waals surface area contributed by atoms with E-state index in [2.05, 4.69) is 51.5 Å². The van der Waals surface area contributed by atoms with E-state index in [9.17, 15) is 0 Å². The van der Waals surface area contributed by atoms with Crippen LogP contribution in [-0.2, 0) is 4.74 Å². The summed E-state index contributed by atoms with van der Waals surface area (Å²) in [5, 5.41) is 0. The standard InChI is InChI=1S/C15H26N2OS/c1-8-18-12(15(5,6)7)13-16-10(4)11(9(2)3)14(19)17-13/h9,12H,8H2,1-7H3,(H,16,17,19). The number of hydrogen-bond donors (Lipinski definition) is 1. The average molecular weight is 282 g/mol. The lowest BCUT2D eigenvalue weighted by molar-refractivity contribution is -0.0193. The summed E-state index contributed by atoms with van der Waals surface area (Å²) in [5.74, 6) is 1.21. The lowest BCUT2D eigenvalue weighted by atomic mass is 9.88. The molecular weight excluding hydrogens is 256 g/mol. The summed E-state index contributed by atoms with van der Waals surface area (Å²) in [7, 11) is 0. The zero-order valence-electron chi connectivity index (χ0n) is 13.1.